The third-order valence-corrected chi connectivity index (χ3v) is 6.07. The van der Waals surface area contributed by atoms with Gasteiger partial charge in [-0.1, -0.05) is 36.4 Å². The van der Waals surface area contributed by atoms with Crippen molar-refractivity contribution in [1.82, 2.24) is 14.5 Å². The number of imidazole rings is 1. The number of carbonyl (C=O) groups excluding carboxylic acids is 2. The highest BCUT2D eigenvalue weighted by atomic mass is 16.5. The van der Waals surface area contributed by atoms with Crippen molar-refractivity contribution < 1.29 is 14.3 Å². The number of nitrogens with zero attached hydrogens (tertiary/aromatic N) is 3. The maximum absolute atomic E-state index is 13.0. The molecule has 1 saturated heterocycles. The second-order valence-corrected chi connectivity index (χ2v) is 8.14. The molecule has 8 heteroatoms. The van der Waals surface area contributed by atoms with Crippen LogP contribution in [0.25, 0.3) is 0 Å². The fourth-order valence-electron chi connectivity index (χ4n) is 4.41. The fourth-order valence-corrected chi connectivity index (χ4v) is 4.41. The Hall–Kier alpha value is -3.65. The summed E-state index contributed by atoms with van der Waals surface area (Å²) in [5.74, 6) is 0.642. The van der Waals surface area contributed by atoms with Crippen LogP contribution >= 0.6 is 0 Å². The quantitative estimate of drug-likeness (QED) is 0.665. The molecule has 1 unspecified atom stereocenters. The fraction of sp³-hybridized carbons (Fsp3) is 0.292. The number of carbonyl (C=O) groups is 2. The predicted octanol–water partition coefficient (Wildman–Crippen LogP) is 3.44. The van der Waals surface area contributed by atoms with Crippen LogP contribution in [0.2, 0.25) is 0 Å². The SMILES string of the molecule is O=C(Nc1ccccc1)C1Cn2ccnc2C2(CCN(C(=O)Nc3ccccc3)CC2)O1. The van der Waals surface area contributed by atoms with Gasteiger partial charge in [0, 0.05) is 49.7 Å². The first-order valence-corrected chi connectivity index (χ1v) is 10.8. The van der Waals surface area contributed by atoms with Crippen LogP contribution in [0.5, 0.6) is 0 Å². The molecule has 1 aromatic heterocycles. The normalized spacial score (nSPS) is 19.2. The van der Waals surface area contributed by atoms with E-state index in [0.717, 1.165) is 17.2 Å². The first-order chi connectivity index (χ1) is 15.6. The van der Waals surface area contributed by atoms with Gasteiger partial charge < -0.3 is 24.8 Å². The summed E-state index contributed by atoms with van der Waals surface area (Å²) in [6.45, 7) is 1.44. The molecule has 8 nitrogen and oxygen atoms in total. The topological polar surface area (TPSA) is 88.5 Å². The Balaban J connectivity index is 1.28. The van der Waals surface area contributed by atoms with Crippen molar-refractivity contribution in [2.24, 2.45) is 0 Å². The Labute approximate surface area is 186 Å². The summed E-state index contributed by atoms with van der Waals surface area (Å²) in [5.41, 5.74) is 0.808. The second-order valence-electron chi connectivity index (χ2n) is 8.14. The third kappa shape index (κ3) is 3.97. The number of para-hydroxylation sites is 2. The number of hydrogen-bond acceptors (Lipinski definition) is 4. The molecule has 3 heterocycles. The maximum Gasteiger partial charge on any atom is 0.321 e. The molecular weight excluding hydrogens is 406 g/mol. The summed E-state index contributed by atoms with van der Waals surface area (Å²) in [7, 11) is 0. The Kier molecular flexibility index (Phi) is 5.36. The molecule has 164 valence electrons. The zero-order chi connectivity index (χ0) is 22.0. The number of nitrogens with one attached hydrogen (secondary N) is 2. The van der Waals surface area contributed by atoms with Gasteiger partial charge in [0.2, 0.25) is 0 Å². The molecule has 3 aromatic rings. The molecule has 0 bridgehead atoms. The molecular formula is C24H25N5O3. The van der Waals surface area contributed by atoms with Crippen molar-refractivity contribution >= 4 is 23.3 Å². The van der Waals surface area contributed by atoms with E-state index in [-0.39, 0.29) is 11.9 Å². The van der Waals surface area contributed by atoms with Crippen LogP contribution in [-0.4, -0.2) is 45.6 Å². The van der Waals surface area contributed by atoms with Crippen molar-refractivity contribution in [1.29, 1.82) is 0 Å². The average molecular weight is 431 g/mol. The van der Waals surface area contributed by atoms with Gasteiger partial charge in [0.1, 0.15) is 11.4 Å². The highest BCUT2D eigenvalue weighted by molar-refractivity contribution is 5.94. The number of benzene rings is 2. The van der Waals surface area contributed by atoms with Crippen molar-refractivity contribution in [3.05, 3.63) is 78.9 Å². The average Bonchev–Trinajstić information content (AvgIpc) is 3.31. The molecule has 1 atom stereocenters. The van der Waals surface area contributed by atoms with Crippen LogP contribution in [-0.2, 0) is 21.7 Å². The van der Waals surface area contributed by atoms with Gasteiger partial charge in [0.15, 0.2) is 6.10 Å². The molecule has 0 radical (unpaired) electrons. The first kappa shape index (κ1) is 20.3. The Morgan fingerprint density at radius 1 is 0.938 bits per heavy atom. The van der Waals surface area contributed by atoms with Crippen LogP contribution < -0.4 is 10.6 Å². The number of urea groups is 1. The van der Waals surface area contributed by atoms with Crippen molar-refractivity contribution in [3.8, 4) is 0 Å². The second kappa shape index (κ2) is 8.47. The van der Waals surface area contributed by atoms with Gasteiger partial charge in [-0.3, -0.25) is 4.79 Å². The molecule has 5 rings (SSSR count). The van der Waals surface area contributed by atoms with E-state index >= 15 is 0 Å². The minimum absolute atomic E-state index is 0.136. The minimum atomic E-state index is -0.691. The van der Waals surface area contributed by atoms with E-state index in [1.165, 1.54) is 0 Å². The summed E-state index contributed by atoms with van der Waals surface area (Å²) in [4.78, 5) is 32.0. The van der Waals surface area contributed by atoms with E-state index in [0.29, 0.717) is 32.5 Å². The standard InChI is InChI=1S/C24H25N5O3/c30-21(26-18-7-3-1-4-8-18)20-17-29-16-13-25-22(29)24(32-20)11-14-28(15-12-24)23(31)27-19-9-5-2-6-10-19/h1-10,13,16,20H,11-12,14-15,17H2,(H,26,30)(H,27,31). The minimum Gasteiger partial charge on any atom is -0.352 e. The molecule has 32 heavy (non-hydrogen) atoms. The van der Waals surface area contributed by atoms with Crippen LogP contribution in [0.4, 0.5) is 16.2 Å². The van der Waals surface area contributed by atoms with Crippen LogP contribution in [0.3, 0.4) is 0 Å². The van der Waals surface area contributed by atoms with Crippen LogP contribution in [0.1, 0.15) is 18.7 Å². The number of ether oxygens (including phenoxy) is 1. The lowest BCUT2D eigenvalue weighted by molar-refractivity contribution is -0.167. The number of anilines is 2. The van der Waals surface area contributed by atoms with Gasteiger partial charge in [-0.25, -0.2) is 9.78 Å². The molecule has 2 aliphatic heterocycles. The summed E-state index contributed by atoms with van der Waals surface area (Å²) < 4.78 is 8.42. The smallest absolute Gasteiger partial charge is 0.321 e. The molecule has 2 N–H and O–H groups in total. The largest absolute Gasteiger partial charge is 0.352 e. The molecule has 2 aliphatic rings. The molecule has 2 aromatic carbocycles. The molecule has 0 aliphatic carbocycles. The van der Waals surface area contributed by atoms with E-state index in [2.05, 4.69) is 15.6 Å². The van der Waals surface area contributed by atoms with Gasteiger partial charge >= 0.3 is 6.03 Å². The number of fused-ring (bicyclic) bond motifs is 2. The highest BCUT2D eigenvalue weighted by Gasteiger charge is 2.47. The maximum atomic E-state index is 13.0. The van der Waals surface area contributed by atoms with E-state index in [1.807, 2.05) is 71.4 Å². The van der Waals surface area contributed by atoms with Gasteiger partial charge in [-0.05, 0) is 24.3 Å². The van der Waals surface area contributed by atoms with Gasteiger partial charge in [-0.15, -0.1) is 0 Å². The first-order valence-electron chi connectivity index (χ1n) is 10.8. The molecule has 1 fully saturated rings. The van der Waals surface area contributed by atoms with Crippen molar-refractivity contribution in [3.63, 3.8) is 0 Å². The highest BCUT2D eigenvalue weighted by Crippen LogP contribution is 2.40. The van der Waals surface area contributed by atoms with E-state index in [9.17, 15) is 9.59 Å². The number of rotatable bonds is 3. The van der Waals surface area contributed by atoms with E-state index < -0.39 is 11.7 Å². The van der Waals surface area contributed by atoms with Gasteiger partial charge in [0.25, 0.3) is 5.91 Å². The summed E-state index contributed by atoms with van der Waals surface area (Å²) in [6, 6.07) is 18.6. The molecule has 0 saturated carbocycles. The lowest BCUT2D eigenvalue weighted by Gasteiger charge is -2.45. The van der Waals surface area contributed by atoms with E-state index in [4.69, 9.17) is 4.74 Å². The lowest BCUT2D eigenvalue weighted by Crippen LogP contribution is -2.54. The Morgan fingerprint density at radius 2 is 1.56 bits per heavy atom. The number of aromatic nitrogens is 2. The number of amides is 3. The Morgan fingerprint density at radius 3 is 2.22 bits per heavy atom. The van der Waals surface area contributed by atoms with Crippen LogP contribution in [0, 0.1) is 0 Å². The van der Waals surface area contributed by atoms with Crippen LogP contribution in [0.15, 0.2) is 73.1 Å². The monoisotopic (exact) mass is 431 g/mol. The summed E-state index contributed by atoms with van der Waals surface area (Å²) >= 11 is 0. The number of piperidine rings is 1. The van der Waals surface area contributed by atoms with E-state index in [1.54, 1.807) is 11.1 Å². The zero-order valence-corrected chi connectivity index (χ0v) is 17.6. The number of likely N-dealkylation sites (tertiary alicyclic amines) is 1. The number of hydrogen-bond donors (Lipinski definition) is 2. The van der Waals surface area contributed by atoms with Crippen molar-refractivity contribution in [2.75, 3.05) is 23.7 Å². The summed E-state index contributed by atoms with van der Waals surface area (Å²) in [6.07, 6.45) is 4.13. The summed E-state index contributed by atoms with van der Waals surface area (Å²) in [5, 5.41) is 5.87. The lowest BCUT2D eigenvalue weighted by atomic mass is 9.88. The zero-order valence-electron chi connectivity index (χ0n) is 17.6. The molecule has 3 amide bonds. The Bertz CT molecular complexity index is 1090. The predicted molar refractivity (Wildman–Crippen MR) is 120 cm³/mol. The molecule has 1 spiro atoms. The van der Waals surface area contributed by atoms with Crippen molar-refractivity contribution in [2.45, 2.75) is 31.1 Å². The van der Waals surface area contributed by atoms with Gasteiger partial charge in [-0.2, -0.15) is 0 Å². The third-order valence-electron chi connectivity index (χ3n) is 6.07. The van der Waals surface area contributed by atoms with Gasteiger partial charge in [0.05, 0.1) is 6.54 Å².